The van der Waals surface area contributed by atoms with E-state index >= 15 is 0 Å². The van der Waals surface area contributed by atoms with E-state index in [4.69, 9.17) is 16.3 Å². The number of rotatable bonds is 7. The summed E-state index contributed by atoms with van der Waals surface area (Å²) < 4.78 is 86.9. The first-order valence-corrected chi connectivity index (χ1v) is 12.1. The van der Waals surface area contributed by atoms with Gasteiger partial charge in [0.05, 0.1) is 31.3 Å². The van der Waals surface area contributed by atoms with Gasteiger partial charge in [0.2, 0.25) is 0 Å². The number of carbonyl (C=O) groups excluding carboxylic acids is 1. The zero-order chi connectivity index (χ0) is 30.1. The van der Waals surface area contributed by atoms with Crippen molar-refractivity contribution in [1.29, 1.82) is 0 Å². The second kappa shape index (κ2) is 11.4. The molecule has 0 aliphatic carbocycles. The molecule has 0 bridgehead atoms. The first kappa shape index (κ1) is 29.9. The average Bonchev–Trinajstić information content (AvgIpc) is 3.22. The summed E-state index contributed by atoms with van der Waals surface area (Å²) in [4.78, 5) is 25.6. The molecule has 1 unspecified atom stereocenters. The average molecular weight is 600 g/mol. The molecule has 1 aromatic heterocycles. The molecular formula is C27H20ClF6N3O4. The van der Waals surface area contributed by atoms with Gasteiger partial charge in [0.25, 0.3) is 0 Å². The number of benzene rings is 3. The number of aromatic nitrogens is 3. The fourth-order valence-electron chi connectivity index (χ4n) is 4.14. The number of methoxy groups -OCH3 is 1. The highest BCUT2D eigenvalue weighted by molar-refractivity contribution is 6.30. The van der Waals surface area contributed by atoms with Gasteiger partial charge in [-0.3, -0.25) is 4.57 Å². The number of carbonyl (C=O) groups is 1. The van der Waals surface area contributed by atoms with E-state index in [1.54, 1.807) is 0 Å². The zero-order valence-corrected chi connectivity index (χ0v) is 21.8. The Hall–Kier alpha value is -4.10. The Morgan fingerprint density at radius 3 is 2.27 bits per heavy atom. The lowest BCUT2D eigenvalue weighted by Crippen LogP contribution is -2.37. The second-order valence-corrected chi connectivity index (χ2v) is 9.29. The van der Waals surface area contributed by atoms with Gasteiger partial charge in [-0.2, -0.15) is 26.3 Å². The summed E-state index contributed by atoms with van der Waals surface area (Å²) in [7, 11) is 1.07. The summed E-state index contributed by atoms with van der Waals surface area (Å²) in [6.07, 6.45) is -12.7. The number of esters is 1. The predicted octanol–water partition coefficient (Wildman–Crippen LogP) is 5.81. The molecule has 0 radical (unpaired) electrons. The van der Waals surface area contributed by atoms with Crippen LogP contribution in [0.1, 0.15) is 21.5 Å². The number of aliphatic hydroxyl groups is 1. The SMILES string of the molecule is COC(=O)c1ccc(Cn2nc(-c3ccc(Cl)cc3)n(CC(O)C(F)(F)F)c2=O)cc1-c1ccccc1C(F)(F)F. The van der Waals surface area contributed by atoms with Crippen molar-refractivity contribution in [2.24, 2.45) is 0 Å². The van der Waals surface area contributed by atoms with E-state index in [1.165, 1.54) is 60.7 Å². The Bertz CT molecular complexity index is 1630. The third-order valence-corrected chi connectivity index (χ3v) is 6.35. The van der Waals surface area contributed by atoms with Gasteiger partial charge in [0.15, 0.2) is 11.9 Å². The molecule has 0 saturated carbocycles. The van der Waals surface area contributed by atoms with Crippen LogP contribution in [-0.4, -0.2) is 44.8 Å². The van der Waals surface area contributed by atoms with Gasteiger partial charge < -0.3 is 9.84 Å². The molecule has 0 amide bonds. The zero-order valence-electron chi connectivity index (χ0n) is 21.0. The van der Waals surface area contributed by atoms with E-state index in [-0.39, 0.29) is 33.6 Å². The third-order valence-electron chi connectivity index (χ3n) is 6.10. The maximum Gasteiger partial charge on any atom is 0.417 e. The molecule has 0 aliphatic heterocycles. The van der Waals surface area contributed by atoms with Gasteiger partial charge in [-0.15, -0.1) is 5.10 Å². The van der Waals surface area contributed by atoms with Crippen LogP contribution in [0, 0.1) is 0 Å². The highest BCUT2D eigenvalue weighted by Gasteiger charge is 2.39. The minimum Gasteiger partial charge on any atom is -0.465 e. The second-order valence-electron chi connectivity index (χ2n) is 8.85. The maximum atomic E-state index is 13.8. The lowest BCUT2D eigenvalue weighted by molar-refractivity contribution is -0.207. The smallest absolute Gasteiger partial charge is 0.417 e. The van der Waals surface area contributed by atoms with E-state index < -0.39 is 48.8 Å². The molecule has 1 atom stereocenters. The van der Waals surface area contributed by atoms with E-state index in [9.17, 15) is 41.0 Å². The largest absolute Gasteiger partial charge is 0.465 e. The molecule has 0 spiro atoms. The van der Waals surface area contributed by atoms with Gasteiger partial charge in [0.1, 0.15) is 0 Å². The highest BCUT2D eigenvalue weighted by atomic mass is 35.5. The van der Waals surface area contributed by atoms with Gasteiger partial charge >= 0.3 is 24.0 Å². The van der Waals surface area contributed by atoms with Crippen molar-refractivity contribution >= 4 is 17.6 Å². The minimum absolute atomic E-state index is 0.139. The van der Waals surface area contributed by atoms with Crippen LogP contribution in [0.15, 0.2) is 71.5 Å². The van der Waals surface area contributed by atoms with Crippen LogP contribution in [0.5, 0.6) is 0 Å². The molecule has 4 rings (SSSR count). The molecule has 4 aromatic rings. The van der Waals surface area contributed by atoms with Gasteiger partial charge in [0, 0.05) is 10.6 Å². The Kier molecular flexibility index (Phi) is 8.31. The Morgan fingerprint density at radius 1 is 1.00 bits per heavy atom. The molecule has 216 valence electrons. The van der Waals surface area contributed by atoms with Crippen molar-refractivity contribution in [3.63, 3.8) is 0 Å². The molecule has 14 heteroatoms. The Balaban J connectivity index is 1.84. The number of ether oxygens (including phenoxy) is 1. The molecule has 0 fully saturated rings. The predicted molar refractivity (Wildman–Crippen MR) is 136 cm³/mol. The summed E-state index contributed by atoms with van der Waals surface area (Å²) in [5.41, 5.74) is -2.25. The number of hydrogen-bond donors (Lipinski definition) is 1. The Labute approximate surface area is 233 Å². The summed E-state index contributed by atoms with van der Waals surface area (Å²) >= 11 is 5.89. The summed E-state index contributed by atoms with van der Waals surface area (Å²) in [6, 6.07) is 14.1. The molecule has 1 heterocycles. The minimum atomic E-state index is -5.02. The fraction of sp³-hybridized carbons (Fsp3) is 0.222. The third kappa shape index (κ3) is 6.46. The lowest BCUT2D eigenvalue weighted by atomic mass is 9.93. The van der Waals surface area contributed by atoms with Crippen LogP contribution < -0.4 is 5.69 Å². The molecule has 7 nitrogen and oxygen atoms in total. The maximum absolute atomic E-state index is 13.8. The number of alkyl halides is 6. The van der Waals surface area contributed by atoms with Crippen molar-refractivity contribution < 1.29 is 41.0 Å². The van der Waals surface area contributed by atoms with Gasteiger partial charge in [-0.05, 0) is 59.2 Å². The standard InChI is InChI=1S/C27H20ClF6N3O4/c1-41-24(39)19-11-6-15(12-20(19)18-4-2-3-5-21(18)26(29,30)31)13-37-25(40)36(14-22(38)27(32,33)34)23(35-37)16-7-9-17(28)10-8-16/h2-12,22,38H,13-14H2,1H3. The summed E-state index contributed by atoms with van der Waals surface area (Å²) in [5, 5.41) is 14.1. The van der Waals surface area contributed by atoms with Crippen LogP contribution in [0.4, 0.5) is 26.3 Å². The summed E-state index contributed by atoms with van der Waals surface area (Å²) in [6.45, 7) is -1.55. The Morgan fingerprint density at radius 2 is 1.66 bits per heavy atom. The first-order chi connectivity index (χ1) is 19.2. The molecule has 3 aromatic carbocycles. The van der Waals surface area contributed by atoms with Crippen molar-refractivity contribution in [1.82, 2.24) is 14.3 Å². The van der Waals surface area contributed by atoms with Crippen molar-refractivity contribution in [3.05, 3.63) is 98.9 Å². The first-order valence-electron chi connectivity index (χ1n) is 11.8. The molecule has 41 heavy (non-hydrogen) atoms. The van der Waals surface area contributed by atoms with Crippen molar-refractivity contribution in [3.8, 4) is 22.5 Å². The number of nitrogens with zero attached hydrogens (tertiary/aromatic N) is 3. The molecule has 0 saturated heterocycles. The quantitative estimate of drug-likeness (QED) is 0.214. The lowest BCUT2D eigenvalue weighted by Gasteiger charge is -2.16. The molecular weight excluding hydrogens is 580 g/mol. The van der Waals surface area contributed by atoms with E-state index in [1.807, 2.05) is 0 Å². The van der Waals surface area contributed by atoms with Crippen molar-refractivity contribution in [2.45, 2.75) is 31.5 Å². The van der Waals surface area contributed by atoms with Gasteiger partial charge in [-0.1, -0.05) is 35.9 Å². The topological polar surface area (TPSA) is 86.3 Å². The van der Waals surface area contributed by atoms with E-state index in [2.05, 4.69) is 5.10 Å². The number of halogens is 7. The highest BCUT2D eigenvalue weighted by Crippen LogP contribution is 2.38. The normalized spacial score (nSPS) is 12.8. The monoisotopic (exact) mass is 599 g/mol. The summed E-state index contributed by atoms with van der Waals surface area (Å²) in [5.74, 6) is -1.11. The number of aliphatic hydroxyl groups excluding tert-OH is 1. The van der Waals surface area contributed by atoms with Crippen LogP contribution in [0.25, 0.3) is 22.5 Å². The van der Waals surface area contributed by atoms with Gasteiger partial charge in [-0.25, -0.2) is 14.3 Å². The van der Waals surface area contributed by atoms with Crippen LogP contribution in [-0.2, 0) is 24.0 Å². The van der Waals surface area contributed by atoms with E-state index in [0.717, 1.165) is 17.9 Å². The van der Waals surface area contributed by atoms with E-state index in [0.29, 0.717) is 9.59 Å². The number of hydrogen-bond acceptors (Lipinski definition) is 5. The van der Waals surface area contributed by atoms with Crippen LogP contribution in [0.3, 0.4) is 0 Å². The van der Waals surface area contributed by atoms with Crippen LogP contribution in [0.2, 0.25) is 5.02 Å². The van der Waals surface area contributed by atoms with Crippen molar-refractivity contribution in [2.75, 3.05) is 7.11 Å². The fourth-order valence-corrected chi connectivity index (χ4v) is 4.26. The molecule has 0 aliphatic rings. The van der Waals surface area contributed by atoms with Crippen LogP contribution >= 0.6 is 11.6 Å². The molecule has 1 N–H and O–H groups in total.